The average Bonchev–Trinajstić information content (AvgIpc) is 3.41. The molecule has 2 atom stereocenters. The van der Waals surface area contributed by atoms with Gasteiger partial charge in [-0.2, -0.15) is 4.99 Å². The number of aliphatic imine (C=N–C) groups is 1. The second-order valence-electron chi connectivity index (χ2n) is 8.85. The van der Waals surface area contributed by atoms with Crippen LogP contribution >= 0.6 is 11.8 Å². The number of nitrogens with zero attached hydrogens (tertiary/aromatic N) is 2. The summed E-state index contributed by atoms with van der Waals surface area (Å²) in [5.41, 5.74) is 0.841. The molecule has 2 saturated heterocycles. The Kier molecular flexibility index (Phi) is 7.26. The van der Waals surface area contributed by atoms with Crippen molar-refractivity contribution in [2.45, 2.75) is 69.6 Å². The third-order valence-electron chi connectivity index (χ3n) is 6.39. The van der Waals surface area contributed by atoms with Gasteiger partial charge in [-0.05, 0) is 30.9 Å². The fourth-order valence-electron chi connectivity index (χ4n) is 4.71. The molecule has 0 bridgehead atoms. The van der Waals surface area contributed by atoms with E-state index in [-0.39, 0.29) is 28.7 Å². The van der Waals surface area contributed by atoms with Crippen molar-refractivity contribution in [1.82, 2.24) is 0 Å². The highest BCUT2D eigenvalue weighted by Gasteiger charge is 2.49. The maximum atomic E-state index is 12.7. The van der Waals surface area contributed by atoms with E-state index in [1.807, 2.05) is 29.2 Å². The first-order chi connectivity index (χ1) is 14.9. The van der Waals surface area contributed by atoms with E-state index in [9.17, 15) is 13.2 Å². The van der Waals surface area contributed by atoms with Crippen molar-refractivity contribution in [2.75, 3.05) is 23.0 Å². The van der Waals surface area contributed by atoms with E-state index in [1.54, 1.807) is 0 Å². The molecule has 0 radical (unpaired) electrons. The highest BCUT2D eigenvalue weighted by Crippen LogP contribution is 2.41. The third kappa shape index (κ3) is 5.64. The van der Waals surface area contributed by atoms with Gasteiger partial charge >= 0.3 is 0 Å². The summed E-state index contributed by atoms with van der Waals surface area (Å²) in [5, 5.41) is 0.545. The number of benzene rings is 1. The number of hydrogen-bond acceptors (Lipinski definition) is 5. The van der Waals surface area contributed by atoms with Gasteiger partial charge in [0.2, 0.25) is 5.91 Å². The summed E-state index contributed by atoms with van der Waals surface area (Å²) in [6, 6.07) is 7.51. The summed E-state index contributed by atoms with van der Waals surface area (Å²) in [4.78, 5) is 19.1. The Labute approximate surface area is 189 Å². The van der Waals surface area contributed by atoms with Crippen molar-refractivity contribution in [3.63, 3.8) is 0 Å². The van der Waals surface area contributed by atoms with Gasteiger partial charge in [0.15, 0.2) is 15.0 Å². The number of amides is 1. The topological polar surface area (TPSA) is 76.0 Å². The fourth-order valence-corrected chi connectivity index (χ4v) is 8.64. The lowest BCUT2D eigenvalue weighted by atomic mass is 10.0. The minimum atomic E-state index is -3.08. The Morgan fingerprint density at radius 2 is 2.06 bits per heavy atom. The second kappa shape index (κ2) is 9.94. The average molecular weight is 465 g/mol. The number of fused-ring (bicyclic) bond motifs is 1. The molecule has 0 N–H and O–H groups in total. The lowest BCUT2D eigenvalue weighted by Gasteiger charge is -2.25. The summed E-state index contributed by atoms with van der Waals surface area (Å²) in [7, 11) is -3.08. The highest BCUT2D eigenvalue weighted by molar-refractivity contribution is 8.16. The van der Waals surface area contributed by atoms with Crippen LogP contribution in [0.25, 0.3) is 0 Å². The van der Waals surface area contributed by atoms with E-state index < -0.39 is 9.84 Å². The van der Waals surface area contributed by atoms with Crippen molar-refractivity contribution < 1.29 is 17.9 Å². The Balaban J connectivity index is 1.53. The van der Waals surface area contributed by atoms with Crippen LogP contribution in [0.1, 0.15) is 58.3 Å². The molecule has 31 heavy (non-hydrogen) atoms. The molecule has 1 amide bonds. The van der Waals surface area contributed by atoms with Crippen molar-refractivity contribution in [3.8, 4) is 5.75 Å². The van der Waals surface area contributed by atoms with E-state index in [4.69, 9.17) is 4.74 Å². The molecule has 2 aliphatic heterocycles. The Hall–Kier alpha value is -1.54. The number of anilines is 1. The number of amidine groups is 1. The highest BCUT2D eigenvalue weighted by atomic mass is 32.2. The van der Waals surface area contributed by atoms with Crippen molar-refractivity contribution in [2.24, 2.45) is 10.9 Å². The Morgan fingerprint density at radius 3 is 2.84 bits per heavy atom. The molecule has 2 heterocycles. The first-order valence-electron chi connectivity index (χ1n) is 11.5. The lowest BCUT2D eigenvalue weighted by Crippen LogP contribution is -2.37. The van der Waals surface area contributed by atoms with Crippen LogP contribution in [0.2, 0.25) is 0 Å². The van der Waals surface area contributed by atoms with E-state index in [1.165, 1.54) is 37.4 Å². The Bertz CT molecular complexity index is 925. The van der Waals surface area contributed by atoms with Crippen molar-refractivity contribution >= 4 is 38.4 Å². The molecule has 1 aromatic carbocycles. The van der Waals surface area contributed by atoms with Gasteiger partial charge in [0.1, 0.15) is 5.75 Å². The van der Waals surface area contributed by atoms with Crippen LogP contribution in [0.3, 0.4) is 0 Å². The van der Waals surface area contributed by atoms with Gasteiger partial charge in [-0.3, -0.25) is 4.79 Å². The van der Waals surface area contributed by atoms with Crippen LogP contribution in [0.5, 0.6) is 5.75 Å². The molecule has 1 aliphatic carbocycles. The molecule has 1 aromatic rings. The lowest BCUT2D eigenvalue weighted by molar-refractivity contribution is -0.118. The minimum Gasteiger partial charge on any atom is -0.494 e. The molecule has 6 nitrogen and oxygen atoms in total. The summed E-state index contributed by atoms with van der Waals surface area (Å²) in [6.45, 7) is 2.77. The van der Waals surface area contributed by atoms with E-state index in [2.05, 4.69) is 11.9 Å². The van der Waals surface area contributed by atoms with Crippen LogP contribution < -0.4 is 9.64 Å². The zero-order valence-electron chi connectivity index (χ0n) is 18.2. The van der Waals surface area contributed by atoms with Gasteiger partial charge in [0, 0.05) is 23.4 Å². The molecule has 1 saturated carbocycles. The van der Waals surface area contributed by atoms with Gasteiger partial charge in [-0.1, -0.05) is 56.9 Å². The molecule has 3 aliphatic rings. The summed E-state index contributed by atoms with van der Waals surface area (Å²) in [5.74, 6) is 1.55. The number of sulfone groups is 1. The van der Waals surface area contributed by atoms with Gasteiger partial charge < -0.3 is 9.64 Å². The predicted molar refractivity (Wildman–Crippen MR) is 127 cm³/mol. The quantitative estimate of drug-likeness (QED) is 0.530. The number of rotatable bonds is 8. The summed E-state index contributed by atoms with van der Waals surface area (Å²) >= 11 is 1.44. The van der Waals surface area contributed by atoms with Crippen molar-refractivity contribution in [1.29, 1.82) is 0 Å². The Morgan fingerprint density at radius 1 is 1.26 bits per heavy atom. The molecule has 8 heteroatoms. The van der Waals surface area contributed by atoms with Gasteiger partial charge in [0.05, 0.1) is 24.2 Å². The molecular formula is C23H32N2O4S2. The van der Waals surface area contributed by atoms with Crippen LogP contribution in [0.15, 0.2) is 29.3 Å². The molecule has 0 aromatic heterocycles. The monoisotopic (exact) mass is 464 g/mol. The van der Waals surface area contributed by atoms with Gasteiger partial charge in [-0.25, -0.2) is 8.42 Å². The largest absolute Gasteiger partial charge is 0.494 e. The van der Waals surface area contributed by atoms with Crippen LogP contribution in [-0.2, 0) is 14.6 Å². The SMILES string of the molecule is CCCCOc1cccc(N2C(=NC(=O)CCC3CCCC3)S[C@H]3CS(=O)(=O)C[C@@H]32)c1. The zero-order chi connectivity index (χ0) is 21.8. The minimum absolute atomic E-state index is 0.0870. The smallest absolute Gasteiger partial charge is 0.248 e. The number of unbranched alkanes of at least 4 members (excludes halogenated alkanes) is 1. The maximum absolute atomic E-state index is 12.7. The van der Waals surface area contributed by atoms with Gasteiger partial charge in [0.25, 0.3) is 0 Å². The van der Waals surface area contributed by atoms with Crippen LogP contribution in [0.4, 0.5) is 5.69 Å². The van der Waals surface area contributed by atoms with Crippen LogP contribution in [0, 0.1) is 5.92 Å². The number of carbonyl (C=O) groups excluding carboxylic acids is 1. The summed E-state index contributed by atoms with van der Waals surface area (Å²) < 4.78 is 30.4. The van der Waals surface area contributed by atoms with E-state index in [0.29, 0.717) is 24.1 Å². The standard InChI is InChI=1S/C23H32N2O4S2/c1-2-3-13-29-19-10-6-9-18(14-19)25-20-15-31(27,28)16-21(20)30-23(25)24-22(26)12-11-17-7-4-5-8-17/h6,9-10,14,17,20-21H,2-5,7-8,11-13,15-16H2,1H3/t20-,21-/m0/s1. The van der Waals surface area contributed by atoms with Gasteiger partial charge in [-0.15, -0.1) is 0 Å². The zero-order valence-corrected chi connectivity index (χ0v) is 19.8. The number of hydrogen-bond donors (Lipinski definition) is 0. The fraction of sp³-hybridized carbons (Fsp3) is 0.652. The predicted octanol–water partition coefficient (Wildman–Crippen LogP) is 4.44. The molecule has 0 spiro atoms. The normalized spacial score (nSPS) is 26.5. The molecule has 0 unspecified atom stereocenters. The maximum Gasteiger partial charge on any atom is 0.248 e. The molecular weight excluding hydrogens is 432 g/mol. The van der Waals surface area contributed by atoms with E-state index >= 15 is 0 Å². The van der Waals surface area contributed by atoms with Crippen molar-refractivity contribution in [3.05, 3.63) is 24.3 Å². The first-order valence-corrected chi connectivity index (χ1v) is 14.2. The second-order valence-corrected chi connectivity index (χ2v) is 12.2. The summed E-state index contributed by atoms with van der Waals surface area (Å²) in [6.07, 6.45) is 8.39. The van der Waals surface area contributed by atoms with E-state index in [0.717, 1.165) is 30.7 Å². The molecule has 4 rings (SSSR count). The first kappa shape index (κ1) is 22.6. The number of carbonyl (C=O) groups is 1. The molecule has 170 valence electrons. The molecule has 3 fully saturated rings. The third-order valence-corrected chi connectivity index (χ3v) is 9.60. The van der Waals surface area contributed by atoms with Crippen LogP contribution in [-0.4, -0.2) is 48.9 Å². The number of thioether (sulfide) groups is 1. The number of ether oxygens (including phenoxy) is 1.